The van der Waals surface area contributed by atoms with Crippen LogP contribution in [-0.4, -0.2) is 14.4 Å². The summed E-state index contributed by atoms with van der Waals surface area (Å²) < 4.78 is 26.2. The average molecular weight is 228 g/mol. The van der Waals surface area contributed by atoms with Gasteiger partial charge in [0.25, 0.3) is 0 Å². The van der Waals surface area contributed by atoms with E-state index in [0.29, 0.717) is 0 Å². The summed E-state index contributed by atoms with van der Waals surface area (Å²) in [6.07, 6.45) is 1.25. The maximum absolute atomic E-state index is 11.0. The zero-order chi connectivity index (χ0) is 11.5. The molecule has 1 aliphatic rings. The van der Waals surface area contributed by atoms with Gasteiger partial charge in [0, 0.05) is 0 Å². The quantitative estimate of drug-likeness (QED) is 0.637. The van der Waals surface area contributed by atoms with Crippen molar-refractivity contribution in [2.45, 2.75) is 25.2 Å². The van der Waals surface area contributed by atoms with Crippen molar-refractivity contribution in [2.75, 3.05) is 0 Å². The smallest absolute Gasteiger partial charge is 0.338 e. The number of carbonyl (C=O) groups excluding carboxylic acids is 1. The highest BCUT2D eigenvalue weighted by Crippen LogP contribution is 2.25. The first-order valence-electron chi connectivity index (χ1n) is 4.60. The van der Waals surface area contributed by atoms with Crippen LogP contribution in [0, 0.1) is 0 Å². The molecule has 0 saturated carbocycles. The van der Waals surface area contributed by atoms with Crippen molar-refractivity contribution in [2.24, 2.45) is 0 Å². The topological polar surface area (TPSA) is 60.4 Å². The van der Waals surface area contributed by atoms with Gasteiger partial charge in [-0.25, -0.2) is 4.79 Å². The van der Waals surface area contributed by atoms with Gasteiger partial charge in [-0.1, -0.05) is 32.4 Å². The Bertz CT molecular complexity index is 462. The summed E-state index contributed by atoms with van der Waals surface area (Å²) in [6.45, 7) is 4.25. The lowest BCUT2D eigenvalue weighted by atomic mass is 10.2. The maximum Gasteiger partial charge on any atom is 0.355 e. The largest absolute Gasteiger partial charge is 0.355 e. The molecule has 82 valence electrons. The van der Waals surface area contributed by atoms with E-state index in [1.54, 1.807) is 12.1 Å². The van der Waals surface area contributed by atoms with Gasteiger partial charge in [-0.15, -0.1) is 0 Å². The first kappa shape index (κ1) is 11.7. The Hall–Kier alpha value is -1.36. The minimum Gasteiger partial charge on any atom is -0.338 e. The van der Waals surface area contributed by atoms with Gasteiger partial charge in [0.2, 0.25) is 0 Å². The summed E-state index contributed by atoms with van der Waals surface area (Å²) in [4.78, 5) is 10.8. The number of rotatable bonds is 0. The number of carbonyl (C=O) groups is 1. The molecule has 1 heterocycles. The minimum absolute atomic E-state index is 0.0463. The van der Waals surface area contributed by atoms with E-state index in [1.807, 2.05) is 0 Å². The van der Waals surface area contributed by atoms with Gasteiger partial charge in [-0.3, -0.25) is 0 Å². The molecule has 0 fully saturated rings. The van der Waals surface area contributed by atoms with Crippen LogP contribution in [0.25, 0.3) is 0 Å². The highest BCUT2D eigenvalue weighted by Gasteiger charge is 2.34. The Balaban J connectivity index is 0.000000337. The lowest BCUT2D eigenvalue weighted by Crippen LogP contribution is -1.99. The van der Waals surface area contributed by atoms with Crippen LogP contribution in [0.3, 0.4) is 0 Å². The Morgan fingerprint density at radius 3 is 2.27 bits per heavy atom. The molecule has 0 spiro atoms. The summed E-state index contributed by atoms with van der Waals surface area (Å²) in [5.74, 6) is -0.800. The molecule has 1 aliphatic heterocycles. The van der Waals surface area contributed by atoms with Gasteiger partial charge in [0.15, 0.2) is 0 Å². The van der Waals surface area contributed by atoms with E-state index in [4.69, 9.17) is 0 Å². The number of hydrogen-bond donors (Lipinski definition) is 0. The summed E-state index contributed by atoms with van der Waals surface area (Å²) in [5.41, 5.74) is 0.109. The van der Waals surface area contributed by atoms with Gasteiger partial charge in [-0.05, 0) is 12.1 Å². The summed E-state index contributed by atoms with van der Waals surface area (Å²) >= 11 is 0. The molecule has 0 unspecified atom stereocenters. The number of fused-ring (bicyclic) bond motifs is 1. The minimum atomic E-state index is -3.80. The monoisotopic (exact) mass is 228 g/mol. The van der Waals surface area contributed by atoms with Crippen LogP contribution in [-0.2, 0) is 14.3 Å². The van der Waals surface area contributed by atoms with Crippen LogP contribution in [0.4, 0.5) is 0 Å². The van der Waals surface area contributed by atoms with Crippen molar-refractivity contribution in [3.8, 4) is 0 Å². The first-order valence-corrected chi connectivity index (χ1v) is 6.01. The molecule has 0 amide bonds. The van der Waals surface area contributed by atoms with Crippen molar-refractivity contribution < 1.29 is 17.4 Å². The Morgan fingerprint density at radius 1 is 1.20 bits per heavy atom. The lowest BCUT2D eigenvalue weighted by Gasteiger charge is -1.89. The van der Waals surface area contributed by atoms with E-state index >= 15 is 0 Å². The first-order chi connectivity index (χ1) is 7.03. The van der Waals surface area contributed by atoms with E-state index in [2.05, 4.69) is 18.0 Å². The summed E-state index contributed by atoms with van der Waals surface area (Å²) in [5, 5.41) is 0. The van der Waals surface area contributed by atoms with Crippen molar-refractivity contribution in [3.63, 3.8) is 0 Å². The molecule has 4 nitrogen and oxygen atoms in total. The van der Waals surface area contributed by atoms with Gasteiger partial charge < -0.3 is 4.18 Å². The van der Waals surface area contributed by atoms with E-state index < -0.39 is 16.1 Å². The van der Waals surface area contributed by atoms with Crippen LogP contribution in [0.5, 0.6) is 0 Å². The lowest BCUT2D eigenvalue weighted by molar-refractivity contribution is 0.0762. The van der Waals surface area contributed by atoms with Gasteiger partial charge in [-0.2, -0.15) is 8.42 Å². The molecule has 0 atom stereocenters. The molecular weight excluding hydrogens is 216 g/mol. The second-order valence-electron chi connectivity index (χ2n) is 3.03. The number of hydrogen-bond acceptors (Lipinski definition) is 4. The molecule has 0 saturated heterocycles. The predicted octanol–water partition coefficient (Wildman–Crippen LogP) is 1.96. The fourth-order valence-corrected chi connectivity index (χ4v) is 2.09. The second-order valence-corrected chi connectivity index (χ2v) is 4.54. The predicted molar refractivity (Wildman–Crippen MR) is 55.0 cm³/mol. The van der Waals surface area contributed by atoms with Crippen LogP contribution < -0.4 is 0 Å². The standard InChI is InChI=1S/C7H4O4S.C3H8/c8-7-5-3-1-2-4-6(5)12(9,10)11-7;1-3-2/h1-4H;3H2,1-2H3. The van der Waals surface area contributed by atoms with Gasteiger partial charge in [0.05, 0.1) is 5.56 Å². The van der Waals surface area contributed by atoms with E-state index in [9.17, 15) is 13.2 Å². The molecule has 1 aromatic carbocycles. The highest BCUT2D eigenvalue weighted by atomic mass is 32.2. The van der Waals surface area contributed by atoms with Crippen LogP contribution in [0.15, 0.2) is 29.2 Å². The number of benzene rings is 1. The van der Waals surface area contributed by atoms with E-state index in [0.717, 1.165) is 0 Å². The molecule has 1 aromatic rings. The van der Waals surface area contributed by atoms with E-state index in [1.165, 1.54) is 18.6 Å². The third-order valence-corrected chi connectivity index (χ3v) is 2.83. The van der Waals surface area contributed by atoms with Crippen molar-refractivity contribution in [1.29, 1.82) is 0 Å². The molecule has 0 bridgehead atoms. The Labute approximate surface area is 89.0 Å². The molecular formula is C10H12O4S. The molecule has 0 radical (unpaired) electrons. The van der Waals surface area contributed by atoms with Crippen molar-refractivity contribution in [1.82, 2.24) is 0 Å². The van der Waals surface area contributed by atoms with Crippen LogP contribution >= 0.6 is 0 Å². The summed E-state index contributed by atoms with van der Waals surface area (Å²) in [6, 6.07) is 5.89. The van der Waals surface area contributed by atoms with Crippen molar-refractivity contribution >= 4 is 16.1 Å². The third-order valence-electron chi connectivity index (χ3n) is 1.56. The van der Waals surface area contributed by atoms with E-state index in [-0.39, 0.29) is 10.5 Å². The zero-order valence-electron chi connectivity index (χ0n) is 8.56. The van der Waals surface area contributed by atoms with Crippen molar-refractivity contribution in [3.05, 3.63) is 29.8 Å². The fraction of sp³-hybridized carbons (Fsp3) is 0.300. The Kier molecular flexibility index (Phi) is 3.47. The SMILES string of the molecule is CCC.O=C1OS(=O)(=O)c2ccccc21. The summed E-state index contributed by atoms with van der Waals surface area (Å²) in [7, 11) is -3.80. The highest BCUT2D eigenvalue weighted by molar-refractivity contribution is 7.87. The third kappa shape index (κ3) is 2.36. The second kappa shape index (κ2) is 4.44. The normalized spacial score (nSPS) is 16.0. The average Bonchev–Trinajstić information content (AvgIpc) is 2.40. The molecule has 5 heteroatoms. The molecule has 0 aromatic heterocycles. The van der Waals surface area contributed by atoms with Crippen LogP contribution in [0.2, 0.25) is 0 Å². The maximum atomic E-state index is 11.0. The fourth-order valence-electron chi connectivity index (χ4n) is 1.04. The zero-order valence-corrected chi connectivity index (χ0v) is 9.37. The molecule has 0 aliphatic carbocycles. The Morgan fingerprint density at radius 2 is 1.73 bits per heavy atom. The molecule has 2 rings (SSSR count). The molecule has 0 N–H and O–H groups in total. The van der Waals surface area contributed by atoms with Gasteiger partial charge in [0.1, 0.15) is 4.90 Å². The van der Waals surface area contributed by atoms with Crippen LogP contribution in [0.1, 0.15) is 30.6 Å². The molecule has 15 heavy (non-hydrogen) atoms. The van der Waals surface area contributed by atoms with Gasteiger partial charge >= 0.3 is 16.1 Å².